The molecule has 2 heterocycles. The molecule has 1 aliphatic heterocycles. The molecular weight excluding hydrogens is 272 g/mol. The van der Waals surface area contributed by atoms with Crippen LogP contribution in [-0.2, 0) is 16.1 Å². The Morgan fingerprint density at radius 2 is 2.05 bits per heavy atom. The average molecular weight is 294 g/mol. The summed E-state index contributed by atoms with van der Waals surface area (Å²) in [6.07, 6.45) is 0.692. The van der Waals surface area contributed by atoms with E-state index in [0.717, 1.165) is 4.88 Å². The molecule has 110 valence electrons. The van der Waals surface area contributed by atoms with E-state index in [1.165, 1.54) is 4.88 Å². The minimum absolute atomic E-state index is 0.0388. The summed E-state index contributed by atoms with van der Waals surface area (Å²) in [5.74, 6) is 0.365. The molecule has 5 heteroatoms. The minimum Gasteiger partial charge on any atom is -0.343 e. The summed E-state index contributed by atoms with van der Waals surface area (Å²) in [7, 11) is 0. The lowest BCUT2D eigenvalue weighted by Crippen LogP contribution is -2.62. The monoisotopic (exact) mass is 294 g/mol. The van der Waals surface area contributed by atoms with Crippen molar-refractivity contribution in [1.82, 2.24) is 10.2 Å². The number of hydrogen-bond donors (Lipinski definition) is 1. The SMILES string of the molecule is Cc1ccc(CN2C(=O)C(CC(C)C)NC(=O)C2C)s1. The van der Waals surface area contributed by atoms with Gasteiger partial charge in [0.25, 0.3) is 0 Å². The van der Waals surface area contributed by atoms with Gasteiger partial charge in [-0.05, 0) is 38.3 Å². The number of nitrogens with one attached hydrogen (secondary N) is 1. The first-order valence-electron chi connectivity index (χ1n) is 7.04. The van der Waals surface area contributed by atoms with Crippen molar-refractivity contribution in [2.75, 3.05) is 0 Å². The quantitative estimate of drug-likeness (QED) is 0.926. The maximum absolute atomic E-state index is 12.5. The largest absolute Gasteiger partial charge is 0.343 e. The Morgan fingerprint density at radius 1 is 1.35 bits per heavy atom. The number of hydrogen-bond acceptors (Lipinski definition) is 3. The van der Waals surface area contributed by atoms with Gasteiger partial charge in [0.2, 0.25) is 11.8 Å². The van der Waals surface area contributed by atoms with Gasteiger partial charge in [0.15, 0.2) is 0 Å². The first-order valence-corrected chi connectivity index (χ1v) is 7.86. The molecule has 20 heavy (non-hydrogen) atoms. The fourth-order valence-electron chi connectivity index (χ4n) is 2.47. The van der Waals surface area contributed by atoms with Crippen LogP contribution in [0.1, 0.15) is 36.9 Å². The molecule has 2 rings (SSSR count). The standard InChI is InChI=1S/C15H22N2O2S/c1-9(2)7-13-15(19)17(11(4)14(18)16-13)8-12-6-5-10(3)20-12/h5-6,9,11,13H,7-8H2,1-4H3,(H,16,18). The highest BCUT2D eigenvalue weighted by atomic mass is 32.1. The van der Waals surface area contributed by atoms with Crippen molar-refractivity contribution in [3.63, 3.8) is 0 Å². The lowest BCUT2D eigenvalue weighted by molar-refractivity contribution is -0.149. The molecule has 4 nitrogen and oxygen atoms in total. The second-order valence-corrected chi connectivity index (χ2v) is 7.22. The summed E-state index contributed by atoms with van der Waals surface area (Å²) in [5, 5.41) is 2.84. The van der Waals surface area contributed by atoms with Gasteiger partial charge in [-0.15, -0.1) is 11.3 Å². The Morgan fingerprint density at radius 3 is 2.60 bits per heavy atom. The maximum Gasteiger partial charge on any atom is 0.246 e. The summed E-state index contributed by atoms with van der Waals surface area (Å²) in [6.45, 7) is 8.48. The van der Waals surface area contributed by atoms with Crippen molar-refractivity contribution >= 4 is 23.2 Å². The van der Waals surface area contributed by atoms with Crippen molar-refractivity contribution in [3.8, 4) is 0 Å². The van der Waals surface area contributed by atoms with Crippen LogP contribution in [0.5, 0.6) is 0 Å². The molecule has 0 radical (unpaired) electrons. The van der Waals surface area contributed by atoms with Crippen LogP contribution in [0, 0.1) is 12.8 Å². The number of piperazine rings is 1. The predicted octanol–water partition coefficient (Wildman–Crippen LogP) is 2.32. The van der Waals surface area contributed by atoms with Gasteiger partial charge in [0.05, 0.1) is 6.54 Å². The number of carbonyl (C=O) groups is 2. The van der Waals surface area contributed by atoms with E-state index in [9.17, 15) is 9.59 Å². The Bertz CT molecular complexity index is 510. The summed E-state index contributed by atoms with van der Waals surface area (Å²) in [5.41, 5.74) is 0. The van der Waals surface area contributed by atoms with Crippen molar-refractivity contribution in [2.24, 2.45) is 5.92 Å². The van der Waals surface area contributed by atoms with Crippen molar-refractivity contribution in [2.45, 2.75) is 52.7 Å². The molecule has 1 aliphatic rings. The molecule has 1 saturated heterocycles. The molecule has 0 saturated carbocycles. The van der Waals surface area contributed by atoms with Crippen molar-refractivity contribution in [3.05, 3.63) is 21.9 Å². The molecule has 2 unspecified atom stereocenters. The van der Waals surface area contributed by atoms with Crippen molar-refractivity contribution in [1.29, 1.82) is 0 Å². The lowest BCUT2D eigenvalue weighted by Gasteiger charge is -2.37. The van der Waals surface area contributed by atoms with E-state index in [2.05, 4.69) is 19.2 Å². The van der Waals surface area contributed by atoms with Gasteiger partial charge in [0, 0.05) is 9.75 Å². The zero-order chi connectivity index (χ0) is 14.9. The molecule has 0 aliphatic carbocycles. The Balaban J connectivity index is 2.15. The molecule has 0 aromatic carbocycles. The van der Waals surface area contributed by atoms with E-state index in [4.69, 9.17) is 0 Å². The number of thiophene rings is 1. The first kappa shape index (κ1) is 15.0. The lowest BCUT2D eigenvalue weighted by atomic mass is 9.99. The Kier molecular flexibility index (Phi) is 4.48. The maximum atomic E-state index is 12.5. The molecule has 1 fully saturated rings. The van der Waals surface area contributed by atoms with E-state index >= 15 is 0 Å². The predicted molar refractivity (Wildman–Crippen MR) is 80.5 cm³/mol. The summed E-state index contributed by atoms with van der Waals surface area (Å²) in [6, 6.07) is 3.31. The number of carbonyl (C=O) groups excluding carboxylic acids is 2. The smallest absolute Gasteiger partial charge is 0.246 e. The summed E-state index contributed by atoms with van der Waals surface area (Å²) < 4.78 is 0. The number of nitrogens with zero attached hydrogens (tertiary/aromatic N) is 1. The third-order valence-corrected chi connectivity index (χ3v) is 4.56. The van der Waals surface area contributed by atoms with Crippen LogP contribution in [0.3, 0.4) is 0 Å². The third kappa shape index (κ3) is 3.20. The van der Waals surface area contributed by atoms with Crippen LogP contribution < -0.4 is 5.32 Å². The molecule has 0 spiro atoms. The van der Waals surface area contributed by atoms with Crippen LogP contribution in [0.15, 0.2) is 12.1 Å². The van der Waals surface area contributed by atoms with Crippen LogP contribution >= 0.6 is 11.3 Å². The van der Waals surface area contributed by atoms with Gasteiger partial charge in [-0.3, -0.25) is 9.59 Å². The molecule has 1 N–H and O–H groups in total. The highest BCUT2D eigenvalue weighted by molar-refractivity contribution is 7.11. The highest BCUT2D eigenvalue weighted by Gasteiger charge is 2.38. The third-order valence-electron chi connectivity index (χ3n) is 3.57. The Labute approximate surface area is 124 Å². The number of aryl methyl sites for hydroxylation is 1. The van der Waals surface area contributed by atoms with Crippen LogP contribution in [0.25, 0.3) is 0 Å². The minimum atomic E-state index is -0.395. The summed E-state index contributed by atoms with van der Waals surface area (Å²) >= 11 is 1.68. The molecule has 0 bridgehead atoms. The van der Waals surface area contributed by atoms with Gasteiger partial charge in [-0.25, -0.2) is 0 Å². The van der Waals surface area contributed by atoms with Crippen LogP contribution in [0.2, 0.25) is 0 Å². The van der Waals surface area contributed by atoms with Gasteiger partial charge in [-0.1, -0.05) is 13.8 Å². The Hall–Kier alpha value is -1.36. The topological polar surface area (TPSA) is 49.4 Å². The van der Waals surface area contributed by atoms with Gasteiger partial charge in [0.1, 0.15) is 12.1 Å². The van der Waals surface area contributed by atoms with Gasteiger partial charge in [-0.2, -0.15) is 0 Å². The second-order valence-electron chi connectivity index (χ2n) is 5.85. The number of amides is 2. The molecule has 1 aromatic rings. The van der Waals surface area contributed by atoms with Crippen molar-refractivity contribution < 1.29 is 9.59 Å². The fraction of sp³-hybridized carbons (Fsp3) is 0.600. The summed E-state index contributed by atoms with van der Waals surface area (Å²) in [4.78, 5) is 28.6. The molecule has 2 atom stereocenters. The number of rotatable bonds is 4. The first-order chi connectivity index (χ1) is 9.38. The van der Waals surface area contributed by atoms with Gasteiger partial charge >= 0.3 is 0 Å². The van der Waals surface area contributed by atoms with E-state index in [-0.39, 0.29) is 17.9 Å². The van der Waals surface area contributed by atoms with E-state index in [1.54, 1.807) is 23.2 Å². The van der Waals surface area contributed by atoms with Crippen LogP contribution in [0.4, 0.5) is 0 Å². The van der Waals surface area contributed by atoms with E-state index < -0.39 is 6.04 Å². The normalized spacial score (nSPS) is 23.4. The van der Waals surface area contributed by atoms with Gasteiger partial charge < -0.3 is 10.2 Å². The molecule has 2 amide bonds. The molecule has 1 aromatic heterocycles. The second kappa shape index (κ2) is 5.95. The fourth-order valence-corrected chi connectivity index (χ4v) is 3.36. The average Bonchev–Trinajstić information content (AvgIpc) is 2.77. The van der Waals surface area contributed by atoms with E-state index in [1.807, 2.05) is 19.1 Å². The zero-order valence-corrected chi connectivity index (χ0v) is 13.3. The molecular formula is C15H22N2O2S. The van der Waals surface area contributed by atoms with E-state index in [0.29, 0.717) is 18.9 Å². The van der Waals surface area contributed by atoms with Crippen LogP contribution in [-0.4, -0.2) is 28.8 Å². The zero-order valence-electron chi connectivity index (χ0n) is 12.5. The highest BCUT2D eigenvalue weighted by Crippen LogP contribution is 2.22.